The second-order valence-corrected chi connectivity index (χ2v) is 8.57. The second kappa shape index (κ2) is 11.9. The molecule has 0 aliphatic carbocycles. The van der Waals surface area contributed by atoms with Crippen LogP contribution >= 0.6 is 12.2 Å². The van der Waals surface area contributed by atoms with Gasteiger partial charge in [-0.1, -0.05) is 0 Å². The van der Waals surface area contributed by atoms with Gasteiger partial charge in [0.1, 0.15) is 11.8 Å². The number of likely N-dealkylation sites (N-methyl/N-ethyl adjacent to an activating group) is 2. The number of nitrogens with two attached hydrogens (primary N) is 1. The van der Waals surface area contributed by atoms with E-state index in [9.17, 15) is 4.79 Å². The number of amides is 1. The van der Waals surface area contributed by atoms with Crippen molar-refractivity contribution in [3.05, 3.63) is 23.8 Å². The Labute approximate surface area is 204 Å². The highest BCUT2D eigenvalue weighted by molar-refractivity contribution is 7.80. The van der Waals surface area contributed by atoms with Crippen LogP contribution < -0.4 is 21.0 Å². The van der Waals surface area contributed by atoms with Gasteiger partial charge in [0.25, 0.3) is 0 Å². The number of cyclic esters (lactones) is 1. The van der Waals surface area contributed by atoms with E-state index in [4.69, 9.17) is 27.5 Å². The number of ether oxygens (including phenoxy) is 1. The predicted octanol–water partition coefficient (Wildman–Crippen LogP) is 0.975. The average Bonchev–Trinajstić information content (AvgIpc) is 3.19. The number of piperazine rings is 1. The Morgan fingerprint density at radius 1 is 1.26 bits per heavy atom. The Bertz CT molecular complexity index is 850. The Morgan fingerprint density at radius 3 is 2.44 bits per heavy atom. The molecule has 1 amide bonds. The number of nitrogens with one attached hydrogen (secondary N) is 1. The summed E-state index contributed by atoms with van der Waals surface area (Å²) in [6.07, 6.45) is -1.18. The first kappa shape index (κ1) is 26.3. The molecule has 0 saturated carbocycles. The lowest BCUT2D eigenvalue weighted by molar-refractivity contribution is -0.0675. The SMILES string of the molecule is CCN(CCN(OC)C(=S)NN1CCN(C)CC1)c1c(F)cc(N2C[C@H](CN)OC2=O)cc1F. The van der Waals surface area contributed by atoms with Crippen molar-refractivity contribution in [3.63, 3.8) is 0 Å². The van der Waals surface area contributed by atoms with Crippen LogP contribution in [0.4, 0.5) is 25.0 Å². The molecular formula is C21H33F2N7O3S. The van der Waals surface area contributed by atoms with E-state index in [1.165, 1.54) is 17.1 Å². The summed E-state index contributed by atoms with van der Waals surface area (Å²) in [6.45, 7) is 6.43. The molecule has 2 aliphatic rings. The van der Waals surface area contributed by atoms with Crippen molar-refractivity contribution < 1.29 is 23.1 Å². The highest BCUT2D eigenvalue weighted by atomic mass is 32.1. The molecule has 2 saturated heterocycles. The molecule has 1 aromatic carbocycles. The number of halogens is 2. The summed E-state index contributed by atoms with van der Waals surface area (Å²) < 4.78 is 35.1. The minimum absolute atomic E-state index is 0.0897. The Kier molecular flexibility index (Phi) is 9.19. The third-order valence-electron chi connectivity index (χ3n) is 5.93. The molecule has 2 aliphatic heterocycles. The largest absolute Gasteiger partial charge is 0.443 e. The van der Waals surface area contributed by atoms with Crippen molar-refractivity contribution in [1.29, 1.82) is 0 Å². The minimum Gasteiger partial charge on any atom is -0.443 e. The normalized spacial score (nSPS) is 19.3. The number of rotatable bonds is 9. The predicted molar refractivity (Wildman–Crippen MR) is 129 cm³/mol. The zero-order valence-electron chi connectivity index (χ0n) is 19.8. The smallest absolute Gasteiger partial charge is 0.414 e. The zero-order chi connectivity index (χ0) is 24.8. The maximum Gasteiger partial charge on any atom is 0.414 e. The van der Waals surface area contributed by atoms with Crippen LogP contribution in [0.5, 0.6) is 0 Å². The summed E-state index contributed by atoms with van der Waals surface area (Å²) in [6, 6.07) is 2.27. The van der Waals surface area contributed by atoms with Crippen molar-refractivity contribution >= 4 is 34.8 Å². The topological polar surface area (TPSA) is 89.8 Å². The third kappa shape index (κ3) is 6.21. The molecule has 0 spiro atoms. The van der Waals surface area contributed by atoms with Crippen molar-refractivity contribution in [3.8, 4) is 0 Å². The summed E-state index contributed by atoms with van der Waals surface area (Å²) >= 11 is 5.46. The van der Waals surface area contributed by atoms with Gasteiger partial charge < -0.3 is 20.3 Å². The molecule has 13 heteroatoms. The van der Waals surface area contributed by atoms with E-state index in [0.29, 0.717) is 11.7 Å². The summed E-state index contributed by atoms with van der Waals surface area (Å²) in [7, 11) is 3.56. The number of hydroxylamine groups is 2. The molecule has 10 nitrogen and oxygen atoms in total. The molecule has 2 fully saturated rings. The van der Waals surface area contributed by atoms with Gasteiger partial charge in [0.05, 0.1) is 25.9 Å². The van der Waals surface area contributed by atoms with E-state index >= 15 is 8.78 Å². The summed E-state index contributed by atoms with van der Waals surface area (Å²) in [5.74, 6) is -1.55. The highest BCUT2D eigenvalue weighted by Crippen LogP contribution is 2.31. The number of carbonyl (C=O) groups excluding carboxylic acids is 1. The quantitative estimate of drug-likeness (QED) is 0.377. The van der Waals surface area contributed by atoms with Crippen molar-refractivity contribution in [2.45, 2.75) is 13.0 Å². The molecule has 34 heavy (non-hydrogen) atoms. The van der Waals surface area contributed by atoms with Crippen molar-refractivity contribution in [2.75, 3.05) is 82.9 Å². The minimum atomic E-state index is -0.775. The van der Waals surface area contributed by atoms with Crippen LogP contribution in [-0.4, -0.2) is 105 Å². The van der Waals surface area contributed by atoms with E-state index < -0.39 is 23.8 Å². The number of hydrogen-bond acceptors (Lipinski definition) is 8. The van der Waals surface area contributed by atoms with Gasteiger partial charge in [-0.05, 0) is 26.2 Å². The van der Waals surface area contributed by atoms with Gasteiger partial charge in [-0.25, -0.2) is 23.6 Å². The van der Waals surface area contributed by atoms with Crippen LogP contribution in [0.15, 0.2) is 12.1 Å². The molecule has 1 atom stereocenters. The average molecular weight is 502 g/mol. The van der Waals surface area contributed by atoms with Crippen LogP contribution in [0.3, 0.4) is 0 Å². The number of nitrogens with zero attached hydrogens (tertiary/aromatic N) is 5. The molecule has 3 N–H and O–H groups in total. The number of anilines is 2. The van der Waals surface area contributed by atoms with Crippen LogP contribution in [0.1, 0.15) is 6.92 Å². The van der Waals surface area contributed by atoms with Gasteiger partial charge in [0.2, 0.25) is 5.11 Å². The maximum absolute atomic E-state index is 15.0. The summed E-state index contributed by atoms with van der Waals surface area (Å²) in [5, 5.41) is 3.87. The molecule has 1 aromatic rings. The van der Waals surface area contributed by atoms with Gasteiger partial charge in [0, 0.05) is 57.9 Å². The number of hydrogen-bond donors (Lipinski definition) is 2. The van der Waals surface area contributed by atoms with E-state index in [0.717, 1.165) is 38.3 Å². The van der Waals surface area contributed by atoms with Crippen LogP contribution in [0.2, 0.25) is 0 Å². The molecule has 0 unspecified atom stereocenters. The van der Waals surface area contributed by atoms with Gasteiger partial charge >= 0.3 is 6.09 Å². The van der Waals surface area contributed by atoms with Crippen molar-refractivity contribution in [1.82, 2.24) is 20.4 Å². The number of thiocarbonyl (C=S) groups is 1. The van der Waals surface area contributed by atoms with Crippen molar-refractivity contribution in [2.24, 2.45) is 5.73 Å². The van der Waals surface area contributed by atoms with Gasteiger partial charge in [0.15, 0.2) is 11.6 Å². The van der Waals surface area contributed by atoms with Crippen LogP contribution in [0, 0.1) is 11.6 Å². The first-order chi connectivity index (χ1) is 16.3. The zero-order valence-corrected chi connectivity index (χ0v) is 20.6. The highest BCUT2D eigenvalue weighted by Gasteiger charge is 2.33. The lowest BCUT2D eigenvalue weighted by Crippen LogP contribution is -2.56. The van der Waals surface area contributed by atoms with Gasteiger partial charge in [-0.2, -0.15) is 0 Å². The molecule has 3 rings (SSSR count). The maximum atomic E-state index is 15.0. The third-order valence-corrected chi connectivity index (χ3v) is 6.22. The Balaban J connectivity index is 1.65. The van der Waals surface area contributed by atoms with E-state index in [-0.39, 0.29) is 37.6 Å². The van der Waals surface area contributed by atoms with Crippen LogP contribution in [-0.2, 0) is 9.57 Å². The number of carbonyl (C=O) groups is 1. The van der Waals surface area contributed by atoms with Gasteiger partial charge in [-0.15, -0.1) is 0 Å². The fraction of sp³-hybridized carbons (Fsp3) is 0.619. The van der Waals surface area contributed by atoms with Gasteiger partial charge in [-0.3, -0.25) is 15.2 Å². The van der Waals surface area contributed by atoms with E-state index in [2.05, 4.69) is 17.4 Å². The van der Waals surface area contributed by atoms with E-state index in [1.807, 2.05) is 5.01 Å². The standard InChI is InChI=1S/C21H33F2N7O3S/c1-4-27(7-10-30(32-3)20(34)25-28-8-5-26(2)6-9-28)19-17(22)11-15(12-18(19)23)29-14-16(13-24)33-21(29)31/h11-12,16H,4-10,13-14,24H2,1-3H3,(H,25,34)/t16-/m0/s1. The fourth-order valence-corrected chi connectivity index (χ4v) is 4.18. The summed E-state index contributed by atoms with van der Waals surface area (Å²) in [4.78, 5) is 22.4. The monoisotopic (exact) mass is 501 g/mol. The second-order valence-electron chi connectivity index (χ2n) is 8.18. The fourth-order valence-electron chi connectivity index (χ4n) is 3.89. The summed E-state index contributed by atoms with van der Waals surface area (Å²) in [5.41, 5.74) is 8.61. The Hall–Kier alpha value is -2.32. The number of benzene rings is 1. The number of hydrazine groups is 1. The molecule has 0 radical (unpaired) electrons. The first-order valence-corrected chi connectivity index (χ1v) is 11.7. The molecule has 0 bridgehead atoms. The lowest BCUT2D eigenvalue weighted by Gasteiger charge is -2.35. The molecule has 2 heterocycles. The molecule has 190 valence electrons. The Morgan fingerprint density at radius 2 is 1.91 bits per heavy atom. The van der Waals surface area contributed by atoms with Crippen LogP contribution in [0.25, 0.3) is 0 Å². The lowest BCUT2D eigenvalue weighted by atomic mass is 10.2. The molecular weight excluding hydrogens is 468 g/mol. The first-order valence-electron chi connectivity index (χ1n) is 11.2. The van der Waals surface area contributed by atoms with E-state index in [1.54, 1.807) is 11.8 Å². The molecule has 0 aromatic heterocycles.